The molecule has 0 amide bonds. The summed E-state index contributed by atoms with van der Waals surface area (Å²) in [5.74, 6) is 0.401. The first-order valence-electron chi connectivity index (χ1n) is 8.31. The second kappa shape index (κ2) is 8.19. The molecule has 142 valence electrons. The third kappa shape index (κ3) is 4.14. The van der Waals surface area contributed by atoms with E-state index in [0.29, 0.717) is 29.1 Å². The molecule has 0 radical (unpaired) electrons. The Labute approximate surface area is 178 Å². The molecule has 0 spiro atoms. The van der Waals surface area contributed by atoms with E-state index in [2.05, 4.69) is 10.3 Å². The molecule has 0 saturated carbocycles. The van der Waals surface area contributed by atoms with Gasteiger partial charge < -0.3 is 15.2 Å². The van der Waals surface area contributed by atoms with Crippen molar-refractivity contribution in [1.82, 2.24) is 15.2 Å². The number of hydrogen-bond donors (Lipinski definition) is 3. The Morgan fingerprint density at radius 1 is 1.11 bits per heavy atom. The number of fused-ring (bicyclic) bond motifs is 3. The van der Waals surface area contributed by atoms with E-state index in [4.69, 9.17) is 40.2 Å². The van der Waals surface area contributed by atoms with Crippen LogP contribution in [0.5, 0.6) is 0 Å². The second-order valence-electron chi connectivity index (χ2n) is 6.39. The molecule has 0 aliphatic carbocycles. The van der Waals surface area contributed by atoms with Crippen LogP contribution in [0.15, 0.2) is 36.4 Å². The zero-order valence-corrected chi connectivity index (χ0v) is 17.4. The van der Waals surface area contributed by atoms with Gasteiger partial charge in [-0.1, -0.05) is 40.9 Å². The minimum Gasteiger partial charge on any atom is -0.357 e. The van der Waals surface area contributed by atoms with Crippen LogP contribution in [0.3, 0.4) is 0 Å². The fourth-order valence-electron chi connectivity index (χ4n) is 3.35. The zero-order chi connectivity index (χ0) is 18.3. The van der Waals surface area contributed by atoms with E-state index in [9.17, 15) is 0 Å². The Kier molecular flexibility index (Phi) is 6.11. The van der Waals surface area contributed by atoms with Gasteiger partial charge in [0.05, 0.1) is 16.6 Å². The highest BCUT2D eigenvalue weighted by Crippen LogP contribution is 2.29. The minimum atomic E-state index is 0. The lowest BCUT2D eigenvalue weighted by Crippen LogP contribution is -2.43. The second-order valence-corrected chi connectivity index (χ2v) is 7.65. The maximum Gasteiger partial charge on any atom is 0.191 e. The third-order valence-electron chi connectivity index (χ3n) is 4.70. The molecule has 27 heavy (non-hydrogen) atoms. The Hall–Kier alpha value is -1.59. The van der Waals surface area contributed by atoms with Crippen LogP contribution in [-0.2, 0) is 19.5 Å². The summed E-state index contributed by atoms with van der Waals surface area (Å²) in [6.45, 7) is 2.00. The van der Waals surface area contributed by atoms with Crippen LogP contribution in [0.1, 0.15) is 16.8 Å². The van der Waals surface area contributed by atoms with Crippen molar-refractivity contribution in [2.75, 3.05) is 6.54 Å². The van der Waals surface area contributed by atoms with Gasteiger partial charge in [0.1, 0.15) is 0 Å². The number of halogens is 4. The Bertz CT molecular complexity index is 999. The number of nitrogens with zero attached hydrogens (tertiary/aromatic N) is 1. The Morgan fingerprint density at radius 3 is 2.70 bits per heavy atom. The largest absolute Gasteiger partial charge is 0.357 e. The van der Waals surface area contributed by atoms with Crippen molar-refractivity contribution in [1.29, 1.82) is 5.41 Å². The predicted molar refractivity (Wildman–Crippen MR) is 116 cm³/mol. The number of benzene rings is 2. The van der Waals surface area contributed by atoms with E-state index in [1.54, 1.807) is 6.07 Å². The number of hydrogen-bond acceptors (Lipinski definition) is 1. The van der Waals surface area contributed by atoms with Crippen LogP contribution in [0.2, 0.25) is 15.1 Å². The zero-order valence-electron chi connectivity index (χ0n) is 14.3. The quantitative estimate of drug-likeness (QED) is 0.355. The van der Waals surface area contributed by atoms with Crippen molar-refractivity contribution in [3.8, 4) is 0 Å². The normalized spacial score (nSPS) is 13.2. The number of guanidine groups is 1. The first-order chi connectivity index (χ1) is 12.5. The monoisotopic (exact) mass is 442 g/mol. The fraction of sp³-hybridized carbons (Fsp3) is 0.211. The molecular formula is C19H18Cl4N4. The molecule has 0 bridgehead atoms. The average Bonchev–Trinajstić information content (AvgIpc) is 2.99. The Balaban J connectivity index is 0.00000210. The fourth-order valence-corrected chi connectivity index (χ4v) is 3.84. The van der Waals surface area contributed by atoms with Crippen molar-refractivity contribution in [3.05, 3.63) is 68.3 Å². The standard InChI is InChI=1S/C19H17Cl3N4.ClH/c20-12-2-4-17-14(8-12)13-5-6-26(10-18(13)25-17)19(23)24-9-11-1-3-15(21)16(22)7-11;/h1-4,7-8,25H,5-6,9-10H2,(H2,23,24);1H. The number of rotatable bonds is 2. The SMILES string of the molecule is Cl.N=C(NCc1ccc(Cl)c(Cl)c1)N1CCc2c([nH]c3ccc(Cl)cc23)C1. The molecule has 2 heterocycles. The highest BCUT2D eigenvalue weighted by molar-refractivity contribution is 6.42. The topological polar surface area (TPSA) is 54.9 Å². The third-order valence-corrected chi connectivity index (χ3v) is 5.67. The van der Waals surface area contributed by atoms with Crippen molar-refractivity contribution < 1.29 is 0 Å². The molecular weight excluding hydrogens is 426 g/mol. The van der Waals surface area contributed by atoms with E-state index >= 15 is 0 Å². The summed E-state index contributed by atoms with van der Waals surface area (Å²) >= 11 is 18.1. The van der Waals surface area contributed by atoms with Crippen LogP contribution in [0.25, 0.3) is 10.9 Å². The van der Waals surface area contributed by atoms with Crippen molar-refractivity contribution >= 4 is 64.1 Å². The first-order valence-corrected chi connectivity index (χ1v) is 9.45. The molecule has 3 aromatic rings. The summed E-state index contributed by atoms with van der Waals surface area (Å²) < 4.78 is 0. The van der Waals surface area contributed by atoms with Crippen LogP contribution in [0.4, 0.5) is 0 Å². The lowest BCUT2D eigenvalue weighted by molar-refractivity contribution is 0.373. The van der Waals surface area contributed by atoms with Crippen LogP contribution in [-0.4, -0.2) is 22.4 Å². The Morgan fingerprint density at radius 2 is 1.93 bits per heavy atom. The summed E-state index contributed by atoms with van der Waals surface area (Å²) in [4.78, 5) is 5.48. The molecule has 0 saturated heterocycles. The van der Waals surface area contributed by atoms with Gasteiger partial charge in [0.2, 0.25) is 0 Å². The molecule has 0 fully saturated rings. The molecule has 1 aliphatic heterocycles. The van der Waals surface area contributed by atoms with E-state index < -0.39 is 0 Å². The van der Waals surface area contributed by atoms with E-state index in [0.717, 1.165) is 34.8 Å². The van der Waals surface area contributed by atoms with Gasteiger partial charge in [0.25, 0.3) is 0 Å². The molecule has 1 aromatic heterocycles. The van der Waals surface area contributed by atoms with Gasteiger partial charge in [-0.15, -0.1) is 12.4 Å². The highest BCUT2D eigenvalue weighted by Gasteiger charge is 2.22. The van der Waals surface area contributed by atoms with Gasteiger partial charge in [0, 0.05) is 34.7 Å². The molecule has 0 unspecified atom stereocenters. The van der Waals surface area contributed by atoms with Gasteiger partial charge >= 0.3 is 0 Å². The van der Waals surface area contributed by atoms with E-state index in [1.165, 1.54) is 10.9 Å². The minimum absolute atomic E-state index is 0. The molecule has 0 atom stereocenters. The molecule has 4 rings (SSSR count). The summed E-state index contributed by atoms with van der Waals surface area (Å²) in [7, 11) is 0. The summed E-state index contributed by atoms with van der Waals surface area (Å²) in [6, 6.07) is 11.4. The smallest absolute Gasteiger partial charge is 0.191 e. The average molecular weight is 444 g/mol. The molecule has 1 aliphatic rings. The number of nitrogens with one attached hydrogen (secondary N) is 3. The van der Waals surface area contributed by atoms with Gasteiger partial charge in [0.15, 0.2) is 5.96 Å². The van der Waals surface area contributed by atoms with E-state index in [-0.39, 0.29) is 12.4 Å². The number of aromatic nitrogens is 1. The lowest BCUT2D eigenvalue weighted by Gasteiger charge is -2.29. The van der Waals surface area contributed by atoms with Crippen LogP contribution < -0.4 is 5.32 Å². The summed E-state index contributed by atoms with van der Waals surface area (Å²) in [6.07, 6.45) is 0.881. The number of aromatic amines is 1. The van der Waals surface area contributed by atoms with Crippen LogP contribution in [0, 0.1) is 5.41 Å². The summed E-state index contributed by atoms with van der Waals surface area (Å²) in [5, 5.41) is 14.5. The first kappa shape index (κ1) is 20.2. The maximum atomic E-state index is 8.36. The van der Waals surface area contributed by atoms with Gasteiger partial charge in [-0.3, -0.25) is 5.41 Å². The van der Waals surface area contributed by atoms with Crippen molar-refractivity contribution in [3.63, 3.8) is 0 Å². The molecule has 2 aromatic carbocycles. The van der Waals surface area contributed by atoms with E-state index in [1.807, 2.05) is 35.2 Å². The summed E-state index contributed by atoms with van der Waals surface area (Å²) in [5.41, 5.74) is 4.53. The molecule has 3 N–H and O–H groups in total. The van der Waals surface area contributed by atoms with Gasteiger partial charge in [-0.25, -0.2) is 0 Å². The highest BCUT2D eigenvalue weighted by atomic mass is 35.5. The molecule has 8 heteroatoms. The number of H-pyrrole nitrogens is 1. The molecule has 4 nitrogen and oxygen atoms in total. The predicted octanol–water partition coefficient (Wildman–Crippen LogP) is 5.63. The van der Waals surface area contributed by atoms with Crippen LogP contribution >= 0.6 is 47.2 Å². The maximum absolute atomic E-state index is 8.36. The van der Waals surface area contributed by atoms with Crippen molar-refractivity contribution in [2.24, 2.45) is 0 Å². The lowest BCUT2D eigenvalue weighted by atomic mass is 10.0. The van der Waals surface area contributed by atoms with Crippen molar-refractivity contribution in [2.45, 2.75) is 19.5 Å². The van der Waals surface area contributed by atoms with Gasteiger partial charge in [-0.2, -0.15) is 0 Å². The van der Waals surface area contributed by atoms with Gasteiger partial charge in [-0.05, 0) is 47.9 Å².